The minimum atomic E-state index is -0.831. The lowest BCUT2D eigenvalue weighted by molar-refractivity contribution is -0.162. The molecule has 4 rings (SSSR count). The first-order chi connectivity index (χ1) is 29.1. The van der Waals surface area contributed by atoms with Crippen LogP contribution < -0.4 is 31.9 Å². The van der Waals surface area contributed by atoms with Gasteiger partial charge in [0.15, 0.2) is 0 Å². The first kappa shape index (κ1) is 54.2. The van der Waals surface area contributed by atoms with Gasteiger partial charge < -0.3 is 50.8 Å². The van der Waals surface area contributed by atoms with E-state index < -0.39 is 36.0 Å². The molecule has 0 amide bonds. The molecule has 0 aromatic carbocycles. The topological polar surface area (TPSA) is 177 Å². The maximum absolute atomic E-state index is 13.8. The van der Waals surface area contributed by atoms with E-state index >= 15 is 0 Å². The van der Waals surface area contributed by atoms with Crippen LogP contribution in [0.2, 0.25) is 0 Å². The van der Waals surface area contributed by atoms with E-state index in [1.54, 1.807) is 0 Å². The number of unbranched alkanes of at least 4 members (excludes halogenated alkanes) is 3. The SMILES string of the molecule is CC1(C)CC(OC(=O)CC(NCCCCCCNC(CC(=O)OC2CC(C)(C)NC(C)(C)C2)C(=O)OC2CC(C)(C)NC(C)(C)C2)C(=O)OC2CC(C)(C)NC(C)(C)C2)CC(C)(C)N1. The van der Waals surface area contributed by atoms with Crippen molar-refractivity contribution in [1.82, 2.24) is 31.9 Å². The van der Waals surface area contributed by atoms with Gasteiger partial charge in [-0.3, -0.25) is 19.2 Å². The molecular weight excluding hydrogens is 813 g/mol. The molecule has 370 valence electrons. The molecule has 64 heavy (non-hydrogen) atoms. The molecule has 0 aromatic heterocycles. The van der Waals surface area contributed by atoms with Gasteiger partial charge >= 0.3 is 23.9 Å². The van der Waals surface area contributed by atoms with E-state index in [1.165, 1.54) is 0 Å². The molecule has 6 N–H and O–H groups in total. The zero-order valence-electron chi connectivity index (χ0n) is 43.0. The Morgan fingerprint density at radius 1 is 0.391 bits per heavy atom. The second-order valence-electron chi connectivity index (χ2n) is 25.4. The molecule has 0 radical (unpaired) electrons. The van der Waals surface area contributed by atoms with Crippen molar-refractivity contribution in [3.05, 3.63) is 0 Å². The number of esters is 4. The lowest BCUT2D eigenvalue weighted by Gasteiger charge is -2.46. The first-order valence-corrected chi connectivity index (χ1v) is 24.6. The Balaban J connectivity index is 1.32. The molecule has 4 saturated heterocycles. The van der Waals surface area contributed by atoms with E-state index in [4.69, 9.17) is 18.9 Å². The Morgan fingerprint density at radius 3 is 0.844 bits per heavy atom. The number of nitrogens with one attached hydrogen (secondary N) is 6. The standard InChI is InChI=1S/C50H92N6O8/c1-43(2)25-33(26-44(3,4)53-43)61-39(57)23-37(41(59)63-35-29-47(9,10)55-48(11,12)30-35)51-21-19-17-18-20-22-52-38(42(60)64-36-31-49(13,14)56-50(15,16)32-36)24-40(58)62-34-27-45(5,6)54-46(7,8)28-34/h33-38,51-56H,17-32H2,1-16H3. The van der Waals surface area contributed by atoms with Crippen molar-refractivity contribution in [2.24, 2.45) is 0 Å². The van der Waals surface area contributed by atoms with Crippen LogP contribution >= 0.6 is 0 Å². The summed E-state index contributed by atoms with van der Waals surface area (Å²) in [5.74, 6) is -1.66. The van der Waals surface area contributed by atoms with Gasteiger partial charge in [-0.25, -0.2) is 0 Å². The predicted octanol–water partition coefficient (Wildman–Crippen LogP) is 6.65. The summed E-state index contributed by atoms with van der Waals surface area (Å²) >= 11 is 0. The highest BCUT2D eigenvalue weighted by molar-refractivity contribution is 5.83. The monoisotopic (exact) mass is 905 g/mol. The van der Waals surface area contributed by atoms with Crippen LogP contribution in [0.15, 0.2) is 0 Å². The molecule has 0 spiro atoms. The summed E-state index contributed by atoms with van der Waals surface area (Å²) in [6.07, 6.45) is 7.45. The normalized spacial score (nSPS) is 25.9. The third-order valence-electron chi connectivity index (χ3n) is 13.0. The molecule has 2 unspecified atom stereocenters. The third kappa shape index (κ3) is 18.7. The number of hydrogen-bond acceptors (Lipinski definition) is 14. The Kier molecular flexibility index (Phi) is 17.7. The molecule has 4 fully saturated rings. The van der Waals surface area contributed by atoms with Crippen LogP contribution in [-0.4, -0.2) is 118 Å². The molecule has 0 aromatic rings. The second kappa shape index (κ2) is 20.9. The van der Waals surface area contributed by atoms with Crippen LogP contribution in [0.5, 0.6) is 0 Å². The van der Waals surface area contributed by atoms with Crippen LogP contribution in [0.25, 0.3) is 0 Å². The Bertz CT molecular complexity index is 1430. The fraction of sp³-hybridized carbons (Fsp3) is 0.920. The number of rotatable bonds is 19. The van der Waals surface area contributed by atoms with Gasteiger partial charge in [-0.1, -0.05) is 12.8 Å². The van der Waals surface area contributed by atoms with Crippen molar-refractivity contribution >= 4 is 23.9 Å². The van der Waals surface area contributed by atoms with Gasteiger partial charge in [0.05, 0.1) is 12.8 Å². The number of carbonyl (C=O) groups excluding carboxylic acids is 4. The third-order valence-corrected chi connectivity index (χ3v) is 13.0. The van der Waals surface area contributed by atoms with E-state index in [1.807, 2.05) is 0 Å². The van der Waals surface area contributed by atoms with E-state index in [0.29, 0.717) is 64.5 Å². The van der Waals surface area contributed by atoms with Gasteiger partial charge in [0.25, 0.3) is 0 Å². The number of piperidine rings is 4. The highest BCUT2D eigenvalue weighted by atomic mass is 16.6. The maximum atomic E-state index is 13.8. The van der Waals surface area contributed by atoms with Crippen molar-refractivity contribution in [1.29, 1.82) is 0 Å². The second-order valence-corrected chi connectivity index (χ2v) is 25.4. The molecule has 14 nitrogen and oxygen atoms in total. The largest absolute Gasteiger partial charge is 0.462 e. The van der Waals surface area contributed by atoms with Crippen LogP contribution in [0, 0.1) is 0 Å². The summed E-state index contributed by atoms with van der Waals surface area (Å²) in [5, 5.41) is 21.2. The summed E-state index contributed by atoms with van der Waals surface area (Å²) < 4.78 is 24.4. The molecule has 0 aliphatic carbocycles. The summed E-state index contributed by atoms with van der Waals surface area (Å²) in [4.78, 5) is 54.6. The Labute approximate surface area is 387 Å². The average Bonchev–Trinajstić information content (AvgIpc) is 3.02. The quantitative estimate of drug-likeness (QED) is 0.0461. The fourth-order valence-electron chi connectivity index (χ4n) is 12.2. The molecule has 0 bridgehead atoms. The van der Waals surface area contributed by atoms with E-state index in [-0.39, 0.29) is 81.6 Å². The lowest BCUT2D eigenvalue weighted by atomic mass is 9.81. The van der Waals surface area contributed by atoms with Gasteiger partial charge in [0.2, 0.25) is 0 Å². The minimum Gasteiger partial charge on any atom is -0.462 e. The van der Waals surface area contributed by atoms with Crippen LogP contribution in [-0.2, 0) is 38.1 Å². The minimum absolute atomic E-state index is 0.106. The smallest absolute Gasteiger partial charge is 0.324 e. The average molecular weight is 905 g/mol. The zero-order chi connectivity index (χ0) is 48.2. The molecule has 0 saturated carbocycles. The predicted molar refractivity (Wildman–Crippen MR) is 253 cm³/mol. The van der Waals surface area contributed by atoms with Crippen LogP contribution in [0.3, 0.4) is 0 Å². The van der Waals surface area contributed by atoms with Crippen molar-refractivity contribution in [3.8, 4) is 0 Å². The molecule has 4 heterocycles. The molecule has 14 heteroatoms. The summed E-state index contributed by atoms with van der Waals surface area (Å²) in [7, 11) is 0. The van der Waals surface area contributed by atoms with Crippen molar-refractivity contribution in [2.75, 3.05) is 13.1 Å². The Hall–Kier alpha value is -2.36. The van der Waals surface area contributed by atoms with E-state index in [0.717, 1.165) is 25.7 Å². The summed E-state index contributed by atoms with van der Waals surface area (Å²) in [5.41, 5.74) is -1.56. The van der Waals surface area contributed by atoms with Gasteiger partial charge in [0, 0.05) is 95.7 Å². The van der Waals surface area contributed by atoms with Crippen LogP contribution in [0.1, 0.15) is 201 Å². The van der Waals surface area contributed by atoms with Crippen LogP contribution in [0.4, 0.5) is 0 Å². The van der Waals surface area contributed by atoms with E-state index in [9.17, 15) is 19.2 Å². The van der Waals surface area contributed by atoms with E-state index in [2.05, 4.69) is 143 Å². The number of hydrogen-bond donors (Lipinski definition) is 6. The number of ether oxygens (including phenoxy) is 4. The summed E-state index contributed by atoms with van der Waals surface area (Å²) in [6.45, 7) is 34.9. The van der Waals surface area contributed by atoms with Crippen molar-refractivity contribution in [2.45, 2.75) is 281 Å². The zero-order valence-corrected chi connectivity index (χ0v) is 43.0. The maximum Gasteiger partial charge on any atom is 0.324 e. The number of carbonyl (C=O) groups is 4. The Morgan fingerprint density at radius 2 is 0.609 bits per heavy atom. The summed E-state index contributed by atoms with van der Waals surface area (Å²) in [6, 6.07) is -1.66. The van der Waals surface area contributed by atoms with Crippen molar-refractivity contribution < 1.29 is 38.1 Å². The highest BCUT2D eigenvalue weighted by Gasteiger charge is 2.44. The van der Waals surface area contributed by atoms with Gasteiger partial charge in [-0.15, -0.1) is 0 Å². The van der Waals surface area contributed by atoms with Crippen molar-refractivity contribution in [3.63, 3.8) is 0 Å². The molecule has 4 aliphatic rings. The van der Waals surface area contributed by atoms with Gasteiger partial charge in [-0.2, -0.15) is 0 Å². The molecular formula is C50H92N6O8. The fourth-order valence-corrected chi connectivity index (χ4v) is 12.2. The van der Waals surface area contributed by atoms with Gasteiger partial charge in [0.1, 0.15) is 36.5 Å². The lowest BCUT2D eigenvalue weighted by Crippen LogP contribution is -2.60. The molecule has 2 atom stereocenters. The molecule has 4 aliphatic heterocycles. The first-order valence-electron chi connectivity index (χ1n) is 24.6. The van der Waals surface area contributed by atoms with Gasteiger partial charge in [-0.05, 0) is 137 Å². The highest BCUT2D eigenvalue weighted by Crippen LogP contribution is 2.34.